The Morgan fingerprint density at radius 2 is 2.05 bits per heavy atom. The predicted molar refractivity (Wildman–Crippen MR) is 72.1 cm³/mol. The zero-order valence-corrected chi connectivity index (χ0v) is 11.7. The lowest BCUT2D eigenvalue weighted by Gasteiger charge is -2.20. The molecule has 0 saturated carbocycles. The molecule has 5 heteroatoms. The van der Waals surface area contributed by atoms with Crippen molar-refractivity contribution >= 4 is 0 Å². The molecular weight excluding hydrogens is 249 g/mol. The summed E-state index contributed by atoms with van der Waals surface area (Å²) >= 11 is 0. The highest BCUT2D eigenvalue weighted by Gasteiger charge is 2.16. The summed E-state index contributed by atoms with van der Waals surface area (Å²) in [5, 5.41) is 3.27. The Morgan fingerprint density at radius 3 is 2.68 bits per heavy atom. The monoisotopic (exact) mass is 271 g/mol. The Balaban J connectivity index is 2.76. The van der Waals surface area contributed by atoms with Crippen LogP contribution in [0.4, 0.5) is 4.39 Å². The van der Waals surface area contributed by atoms with Gasteiger partial charge in [-0.15, -0.1) is 0 Å². The van der Waals surface area contributed by atoms with Gasteiger partial charge in [0.2, 0.25) is 0 Å². The standard InChI is InChI=1S/C14H22FNO3/c1-4-16-13(10-19-8-7-17-2)12-9-11(15)5-6-14(12)18-3/h5-6,9,13,16H,4,7-8,10H2,1-3H3. The van der Waals surface area contributed by atoms with Gasteiger partial charge < -0.3 is 19.5 Å². The van der Waals surface area contributed by atoms with Gasteiger partial charge in [0.15, 0.2) is 0 Å². The Labute approximate surface area is 113 Å². The molecule has 0 saturated heterocycles. The molecule has 0 bridgehead atoms. The molecule has 0 aliphatic heterocycles. The van der Waals surface area contributed by atoms with Crippen LogP contribution in [0.25, 0.3) is 0 Å². The third-order valence-corrected chi connectivity index (χ3v) is 2.73. The quantitative estimate of drug-likeness (QED) is 0.699. The normalized spacial score (nSPS) is 12.4. The minimum absolute atomic E-state index is 0.104. The van der Waals surface area contributed by atoms with Crippen LogP contribution < -0.4 is 10.1 Å². The van der Waals surface area contributed by atoms with Crippen molar-refractivity contribution in [3.05, 3.63) is 29.6 Å². The van der Waals surface area contributed by atoms with Crippen molar-refractivity contribution in [2.24, 2.45) is 0 Å². The first-order valence-corrected chi connectivity index (χ1v) is 6.36. The Kier molecular flexibility index (Phi) is 7.40. The zero-order valence-electron chi connectivity index (χ0n) is 11.7. The van der Waals surface area contributed by atoms with Crippen LogP contribution in [-0.2, 0) is 9.47 Å². The van der Waals surface area contributed by atoms with Gasteiger partial charge in [-0.05, 0) is 24.7 Å². The average Bonchev–Trinajstić information content (AvgIpc) is 2.42. The number of methoxy groups -OCH3 is 2. The van der Waals surface area contributed by atoms with Gasteiger partial charge >= 0.3 is 0 Å². The van der Waals surface area contributed by atoms with E-state index < -0.39 is 0 Å². The second-order valence-electron chi connectivity index (χ2n) is 4.06. The van der Waals surface area contributed by atoms with E-state index in [1.165, 1.54) is 12.1 Å². The molecule has 19 heavy (non-hydrogen) atoms. The zero-order chi connectivity index (χ0) is 14.1. The van der Waals surface area contributed by atoms with Crippen molar-refractivity contribution in [1.29, 1.82) is 0 Å². The molecule has 0 spiro atoms. The van der Waals surface area contributed by atoms with Gasteiger partial charge in [0, 0.05) is 12.7 Å². The second-order valence-corrected chi connectivity index (χ2v) is 4.06. The van der Waals surface area contributed by atoms with Crippen LogP contribution in [0, 0.1) is 5.82 Å². The number of hydrogen-bond acceptors (Lipinski definition) is 4. The Hall–Kier alpha value is -1.17. The second kappa shape index (κ2) is 8.85. The molecule has 108 valence electrons. The first-order chi connectivity index (χ1) is 9.22. The van der Waals surface area contributed by atoms with Crippen molar-refractivity contribution in [3.63, 3.8) is 0 Å². The molecule has 0 heterocycles. The lowest BCUT2D eigenvalue weighted by Crippen LogP contribution is -2.26. The van der Waals surface area contributed by atoms with Crippen molar-refractivity contribution in [3.8, 4) is 5.75 Å². The van der Waals surface area contributed by atoms with Crippen LogP contribution in [-0.4, -0.2) is 40.6 Å². The number of nitrogens with one attached hydrogen (secondary N) is 1. The molecule has 4 nitrogen and oxygen atoms in total. The fourth-order valence-electron chi connectivity index (χ4n) is 1.83. The molecule has 0 aliphatic rings. The first kappa shape index (κ1) is 15.9. The maximum Gasteiger partial charge on any atom is 0.123 e. The number of benzene rings is 1. The lowest BCUT2D eigenvalue weighted by atomic mass is 10.1. The van der Waals surface area contributed by atoms with E-state index in [2.05, 4.69) is 5.32 Å². The van der Waals surface area contributed by atoms with Crippen molar-refractivity contribution in [2.75, 3.05) is 40.6 Å². The minimum Gasteiger partial charge on any atom is -0.496 e. The third-order valence-electron chi connectivity index (χ3n) is 2.73. The van der Waals surface area contributed by atoms with Crippen molar-refractivity contribution < 1.29 is 18.6 Å². The van der Waals surface area contributed by atoms with E-state index in [9.17, 15) is 4.39 Å². The van der Waals surface area contributed by atoms with Crippen LogP contribution in [0.15, 0.2) is 18.2 Å². The summed E-state index contributed by atoms with van der Waals surface area (Å²) in [5.41, 5.74) is 0.766. The van der Waals surface area contributed by atoms with Crippen LogP contribution in [0.2, 0.25) is 0 Å². The fourth-order valence-corrected chi connectivity index (χ4v) is 1.83. The third kappa shape index (κ3) is 5.14. The average molecular weight is 271 g/mol. The summed E-state index contributed by atoms with van der Waals surface area (Å²) in [6.07, 6.45) is 0. The van der Waals surface area contributed by atoms with E-state index in [0.29, 0.717) is 25.6 Å². The molecule has 0 radical (unpaired) electrons. The number of likely N-dealkylation sites (N-methyl/N-ethyl adjacent to an activating group) is 1. The maximum atomic E-state index is 13.4. The number of halogens is 1. The molecule has 1 unspecified atom stereocenters. The van der Waals surface area contributed by atoms with E-state index in [0.717, 1.165) is 12.1 Å². The first-order valence-electron chi connectivity index (χ1n) is 6.36. The van der Waals surface area contributed by atoms with Gasteiger partial charge in [0.25, 0.3) is 0 Å². The van der Waals surface area contributed by atoms with Crippen molar-refractivity contribution in [2.45, 2.75) is 13.0 Å². The molecule has 1 aromatic rings. The molecule has 0 fully saturated rings. The van der Waals surface area contributed by atoms with E-state index in [-0.39, 0.29) is 11.9 Å². The highest BCUT2D eigenvalue weighted by atomic mass is 19.1. The number of hydrogen-bond donors (Lipinski definition) is 1. The summed E-state index contributed by atoms with van der Waals surface area (Å²) in [6, 6.07) is 4.39. The maximum absolute atomic E-state index is 13.4. The van der Waals surface area contributed by atoms with Gasteiger partial charge in [-0.3, -0.25) is 0 Å². The molecule has 0 aromatic heterocycles. The SMILES string of the molecule is CCNC(COCCOC)c1cc(F)ccc1OC. The predicted octanol–water partition coefficient (Wildman–Crippen LogP) is 2.15. The molecule has 1 rings (SSSR count). The van der Waals surface area contributed by atoms with Crippen LogP contribution >= 0.6 is 0 Å². The smallest absolute Gasteiger partial charge is 0.123 e. The highest BCUT2D eigenvalue weighted by Crippen LogP contribution is 2.26. The van der Waals surface area contributed by atoms with Crippen LogP contribution in [0.3, 0.4) is 0 Å². The topological polar surface area (TPSA) is 39.7 Å². The minimum atomic E-state index is -0.282. The van der Waals surface area contributed by atoms with Gasteiger partial charge in [0.1, 0.15) is 11.6 Å². The summed E-state index contributed by atoms with van der Waals surface area (Å²) in [5.74, 6) is 0.373. The summed E-state index contributed by atoms with van der Waals surface area (Å²) in [7, 11) is 3.20. The summed E-state index contributed by atoms with van der Waals surface area (Å²) in [6.45, 7) is 4.25. The largest absolute Gasteiger partial charge is 0.496 e. The van der Waals surface area contributed by atoms with E-state index >= 15 is 0 Å². The van der Waals surface area contributed by atoms with E-state index in [4.69, 9.17) is 14.2 Å². The Morgan fingerprint density at radius 1 is 1.26 bits per heavy atom. The molecule has 1 N–H and O–H groups in total. The van der Waals surface area contributed by atoms with Gasteiger partial charge in [0.05, 0.1) is 33.0 Å². The summed E-state index contributed by atoms with van der Waals surface area (Å²) < 4.78 is 29.1. The molecule has 1 aromatic carbocycles. The van der Waals surface area contributed by atoms with Gasteiger partial charge in [-0.2, -0.15) is 0 Å². The molecular formula is C14H22FNO3. The Bertz CT molecular complexity index is 374. The van der Waals surface area contributed by atoms with Gasteiger partial charge in [-0.1, -0.05) is 6.92 Å². The van der Waals surface area contributed by atoms with Crippen molar-refractivity contribution in [1.82, 2.24) is 5.32 Å². The number of rotatable bonds is 9. The lowest BCUT2D eigenvalue weighted by molar-refractivity contribution is 0.0584. The van der Waals surface area contributed by atoms with Crippen LogP contribution in [0.1, 0.15) is 18.5 Å². The number of ether oxygens (including phenoxy) is 3. The highest BCUT2D eigenvalue weighted by molar-refractivity contribution is 5.36. The fraction of sp³-hybridized carbons (Fsp3) is 0.571. The van der Waals surface area contributed by atoms with E-state index in [1.807, 2.05) is 6.92 Å². The molecule has 1 atom stereocenters. The molecule has 0 amide bonds. The van der Waals surface area contributed by atoms with Gasteiger partial charge in [-0.25, -0.2) is 4.39 Å². The van der Waals surface area contributed by atoms with Crippen LogP contribution in [0.5, 0.6) is 5.75 Å². The van der Waals surface area contributed by atoms with E-state index in [1.54, 1.807) is 20.3 Å². The summed E-state index contributed by atoms with van der Waals surface area (Å²) in [4.78, 5) is 0. The molecule has 0 aliphatic carbocycles.